The molecule has 148 valence electrons. The van der Waals surface area contributed by atoms with Crippen molar-refractivity contribution in [2.24, 2.45) is 0 Å². The van der Waals surface area contributed by atoms with E-state index in [9.17, 15) is 9.18 Å². The normalized spacial score (nSPS) is 11.7. The molecule has 0 saturated carbocycles. The van der Waals surface area contributed by atoms with Gasteiger partial charge in [0.05, 0.1) is 10.2 Å². The van der Waals surface area contributed by atoms with Crippen LogP contribution in [0.1, 0.15) is 42.4 Å². The summed E-state index contributed by atoms with van der Waals surface area (Å²) < 4.78 is 16.3. The van der Waals surface area contributed by atoms with Crippen molar-refractivity contribution in [3.05, 3.63) is 88.7 Å². The molecule has 3 nitrogen and oxygen atoms in total. The fourth-order valence-electron chi connectivity index (χ4n) is 3.36. The van der Waals surface area contributed by atoms with Crippen molar-refractivity contribution in [3.8, 4) is 0 Å². The molecule has 0 aliphatic carbocycles. The van der Waals surface area contributed by atoms with Crippen LogP contribution in [0, 0.1) is 5.82 Å². The average Bonchev–Trinajstić information content (AvgIpc) is 3.26. The highest BCUT2D eigenvalue weighted by Gasteiger charge is 2.18. The van der Waals surface area contributed by atoms with Crippen LogP contribution in [-0.2, 0) is 12.0 Å². The van der Waals surface area contributed by atoms with Gasteiger partial charge in [-0.1, -0.05) is 45.0 Å². The van der Waals surface area contributed by atoms with Gasteiger partial charge in [-0.25, -0.2) is 4.39 Å². The van der Waals surface area contributed by atoms with E-state index in [4.69, 9.17) is 0 Å². The first-order valence-corrected chi connectivity index (χ1v) is 10.4. The molecule has 0 radical (unpaired) electrons. The summed E-state index contributed by atoms with van der Waals surface area (Å²) in [6.45, 7) is 6.99. The molecule has 0 saturated heterocycles. The molecular formula is C24H23FN2OS. The Labute approximate surface area is 173 Å². The Morgan fingerprint density at radius 2 is 1.72 bits per heavy atom. The SMILES string of the molecule is CC(C)(C)c1ccc(NC(=O)c2cc3sccc3n2Cc2ccc(F)cc2)cc1. The lowest BCUT2D eigenvalue weighted by molar-refractivity contribution is 0.101. The molecule has 29 heavy (non-hydrogen) atoms. The summed E-state index contributed by atoms with van der Waals surface area (Å²) >= 11 is 1.60. The van der Waals surface area contributed by atoms with Gasteiger partial charge in [0.25, 0.3) is 5.91 Å². The molecule has 0 unspecified atom stereocenters. The number of hydrogen-bond acceptors (Lipinski definition) is 2. The number of amides is 1. The third-order valence-corrected chi connectivity index (χ3v) is 5.87. The number of carbonyl (C=O) groups excluding carboxylic acids is 1. The van der Waals surface area contributed by atoms with Crippen LogP contribution in [-0.4, -0.2) is 10.5 Å². The van der Waals surface area contributed by atoms with Gasteiger partial charge < -0.3 is 9.88 Å². The molecule has 4 rings (SSSR count). The zero-order valence-electron chi connectivity index (χ0n) is 16.7. The van der Waals surface area contributed by atoms with E-state index in [1.807, 2.05) is 46.3 Å². The third-order valence-electron chi connectivity index (χ3n) is 5.02. The van der Waals surface area contributed by atoms with E-state index in [-0.39, 0.29) is 17.1 Å². The summed E-state index contributed by atoms with van der Waals surface area (Å²) in [5, 5.41) is 5.02. The van der Waals surface area contributed by atoms with Crippen molar-refractivity contribution in [3.63, 3.8) is 0 Å². The van der Waals surface area contributed by atoms with Crippen LogP contribution in [0.25, 0.3) is 10.2 Å². The Balaban J connectivity index is 1.62. The molecule has 2 heterocycles. The lowest BCUT2D eigenvalue weighted by atomic mass is 9.87. The Morgan fingerprint density at radius 1 is 1.03 bits per heavy atom. The van der Waals surface area contributed by atoms with Crippen molar-refractivity contribution in [1.82, 2.24) is 4.57 Å². The van der Waals surface area contributed by atoms with Gasteiger partial charge in [0, 0.05) is 12.2 Å². The molecule has 1 N–H and O–H groups in total. The number of carbonyl (C=O) groups is 1. The predicted molar refractivity (Wildman–Crippen MR) is 118 cm³/mol. The number of nitrogens with one attached hydrogen (secondary N) is 1. The quantitative estimate of drug-likeness (QED) is 0.416. The fourth-order valence-corrected chi connectivity index (χ4v) is 4.18. The molecule has 0 spiro atoms. The first kappa shape index (κ1) is 19.4. The topological polar surface area (TPSA) is 34.0 Å². The average molecular weight is 407 g/mol. The second-order valence-corrected chi connectivity index (χ2v) is 9.14. The number of hydrogen-bond donors (Lipinski definition) is 1. The maximum atomic E-state index is 13.3. The standard InChI is InChI=1S/C24H23FN2OS/c1-24(2,3)17-6-10-19(11-7-17)26-23(28)21-14-22-20(12-13-29-22)27(21)15-16-4-8-18(25)9-5-16/h4-14H,15H2,1-3H3,(H,26,28). The summed E-state index contributed by atoms with van der Waals surface area (Å²) in [5.41, 5.74) is 4.59. The van der Waals surface area contributed by atoms with Gasteiger partial charge in [-0.05, 0) is 58.3 Å². The van der Waals surface area contributed by atoms with E-state index in [2.05, 4.69) is 26.1 Å². The number of aromatic nitrogens is 1. The zero-order chi connectivity index (χ0) is 20.6. The first-order chi connectivity index (χ1) is 13.8. The Bertz CT molecular complexity index is 1150. The number of rotatable bonds is 4. The van der Waals surface area contributed by atoms with Gasteiger partial charge in [-0.3, -0.25) is 4.79 Å². The first-order valence-electron chi connectivity index (χ1n) is 9.54. The van der Waals surface area contributed by atoms with Crippen LogP contribution >= 0.6 is 11.3 Å². The minimum atomic E-state index is -0.265. The number of thiophene rings is 1. The van der Waals surface area contributed by atoms with Crippen LogP contribution in [0.15, 0.2) is 66.0 Å². The maximum Gasteiger partial charge on any atom is 0.272 e. The van der Waals surface area contributed by atoms with Gasteiger partial charge in [-0.15, -0.1) is 11.3 Å². The molecule has 0 aliphatic rings. The molecule has 0 aliphatic heterocycles. The molecule has 2 aromatic carbocycles. The largest absolute Gasteiger partial charge is 0.331 e. The molecule has 0 atom stereocenters. The van der Waals surface area contributed by atoms with Gasteiger partial charge in [-0.2, -0.15) is 0 Å². The lowest BCUT2D eigenvalue weighted by Crippen LogP contribution is -2.18. The van der Waals surface area contributed by atoms with E-state index in [1.165, 1.54) is 17.7 Å². The van der Waals surface area contributed by atoms with Crippen LogP contribution in [0.3, 0.4) is 0 Å². The van der Waals surface area contributed by atoms with Crippen molar-refractivity contribution >= 4 is 33.1 Å². The van der Waals surface area contributed by atoms with Gasteiger partial charge in [0.15, 0.2) is 0 Å². The zero-order valence-corrected chi connectivity index (χ0v) is 17.5. The van der Waals surface area contributed by atoms with Gasteiger partial charge in [0.2, 0.25) is 0 Å². The molecular weight excluding hydrogens is 383 g/mol. The smallest absolute Gasteiger partial charge is 0.272 e. The van der Waals surface area contributed by atoms with Crippen molar-refractivity contribution in [1.29, 1.82) is 0 Å². The van der Waals surface area contributed by atoms with Crippen molar-refractivity contribution in [2.45, 2.75) is 32.7 Å². The van der Waals surface area contributed by atoms with Crippen LogP contribution < -0.4 is 5.32 Å². The van der Waals surface area contributed by atoms with E-state index < -0.39 is 0 Å². The number of fused-ring (bicyclic) bond motifs is 1. The Kier molecular flexibility index (Phi) is 5.01. The molecule has 4 aromatic rings. The minimum Gasteiger partial charge on any atom is -0.331 e. The van der Waals surface area contributed by atoms with E-state index in [0.717, 1.165) is 21.5 Å². The highest BCUT2D eigenvalue weighted by atomic mass is 32.1. The summed E-state index contributed by atoms with van der Waals surface area (Å²) in [5.74, 6) is -0.419. The van der Waals surface area contributed by atoms with E-state index in [0.29, 0.717) is 12.2 Å². The molecule has 0 bridgehead atoms. The molecule has 0 fully saturated rings. The summed E-state index contributed by atoms with van der Waals surface area (Å²) in [6, 6.07) is 18.3. The molecule has 5 heteroatoms. The van der Waals surface area contributed by atoms with Gasteiger partial charge >= 0.3 is 0 Å². The highest BCUT2D eigenvalue weighted by molar-refractivity contribution is 7.17. The van der Waals surface area contributed by atoms with Crippen LogP contribution in [0.4, 0.5) is 10.1 Å². The Morgan fingerprint density at radius 3 is 2.38 bits per heavy atom. The Hall–Kier alpha value is -2.92. The maximum absolute atomic E-state index is 13.3. The van der Waals surface area contributed by atoms with E-state index >= 15 is 0 Å². The number of benzene rings is 2. The summed E-state index contributed by atoms with van der Waals surface area (Å²) in [4.78, 5) is 13.0. The second-order valence-electron chi connectivity index (χ2n) is 8.19. The number of nitrogens with zero attached hydrogens (tertiary/aromatic N) is 1. The van der Waals surface area contributed by atoms with Crippen molar-refractivity contribution < 1.29 is 9.18 Å². The van der Waals surface area contributed by atoms with Crippen LogP contribution in [0.2, 0.25) is 0 Å². The van der Waals surface area contributed by atoms with Gasteiger partial charge in [0.1, 0.15) is 11.5 Å². The lowest BCUT2D eigenvalue weighted by Gasteiger charge is -2.19. The fraction of sp³-hybridized carbons (Fsp3) is 0.208. The third kappa shape index (κ3) is 4.10. The van der Waals surface area contributed by atoms with E-state index in [1.54, 1.807) is 23.5 Å². The second kappa shape index (κ2) is 7.48. The summed E-state index contributed by atoms with van der Waals surface area (Å²) in [7, 11) is 0. The monoisotopic (exact) mass is 406 g/mol. The molecule has 1 amide bonds. The minimum absolute atomic E-state index is 0.0662. The number of halogens is 1. The summed E-state index contributed by atoms with van der Waals surface area (Å²) in [6.07, 6.45) is 0. The van der Waals surface area contributed by atoms with Crippen molar-refractivity contribution in [2.75, 3.05) is 5.32 Å². The molecule has 2 aromatic heterocycles. The number of anilines is 1. The highest BCUT2D eigenvalue weighted by Crippen LogP contribution is 2.28. The predicted octanol–water partition coefficient (Wildman–Crippen LogP) is 6.44. The van der Waals surface area contributed by atoms with Crippen LogP contribution in [0.5, 0.6) is 0 Å².